The van der Waals surface area contributed by atoms with Gasteiger partial charge in [0, 0.05) is 13.0 Å². The summed E-state index contributed by atoms with van der Waals surface area (Å²) in [7, 11) is 0. The lowest BCUT2D eigenvalue weighted by molar-refractivity contribution is 0.112. The first-order chi connectivity index (χ1) is 5.07. The molecule has 0 aromatic heterocycles. The average molecular weight is 154 g/mol. The molecule has 11 heavy (non-hydrogen) atoms. The van der Waals surface area contributed by atoms with Crippen molar-refractivity contribution in [3.05, 3.63) is 0 Å². The van der Waals surface area contributed by atoms with E-state index in [1.165, 1.54) is 4.90 Å². The molecule has 4 heteroatoms. The van der Waals surface area contributed by atoms with Crippen molar-refractivity contribution >= 4 is 6.03 Å². The average Bonchev–Trinajstić information content (AvgIpc) is 2.33. The number of hydrogen-bond donors (Lipinski definition) is 2. The Morgan fingerprint density at radius 2 is 2.45 bits per heavy atom. The van der Waals surface area contributed by atoms with Gasteiger partial charge >= 0.3 is 6.03 Å². The summed E-state index contributed by atoms with van der Waals surface area (Å²) in [4.78, 5) is 11.9. The monoisotopic (exact) mass is 154 g/mol. The van der Waals surface area contributed by atoms with E-state index < -0.39 is 11.6 Å². The molecule has 4 nitrogen and oxygen atoms in total. The lowest BCUT2D eigenvalue weighted by atomic mass is 10.1. The molecular formula is C7H10N2O2. The Morgan fingerprint density at radius 1 is 1.82 bits per heavy atom. The highest BCUT2D eigenvalue weighted by atomic mass is 16.3. The van der Waals surface area contributed by atoms with E-state index in [1.807, 2.05) is 0 Å². The number of nitrogens with zero attached hydrogens (tertiary/aromatic N) is 1. The van der Waals surface area contributed by atoms with Gasteiger partial charge in [0.25, 0.3) is 0 Å². The molecule has 1 heterocycles. The highest BCUT2D eigenvalue weighted by Gasteiger charge is 2.35. The Balaban J connectivity index is 2.62. The van der Waals surface area contributed by atoms with Crippen molar-refractivity contribution in [3.63, 3.8) is 0 Å². The molecule has 0 bridgehead atoms. The van der Waals surface area contributed by atoms with Crippen LogP contribution in [0.3, 0.4) is 0 Å². The van der Waals surface area contributed by atoms with Crippen molar-refractivity contribution in [2.45, 2.75) is 12.0 Å². The maximum absolute atomic E-state index is 10.6. The molecular weight excluding hydrogens is 144 g/mol. The maximum atomic E-state index is 10.6. The van der Waals surface area contributed by atoms with Crippen molar-refractivity contribution in [2.75, 3.05) is 13.1 Å². The van der Waals surface area contributed by atoms with Crippen LogP contribution in [0.15, 0.2) is 0 Å². The summed E-state index contributed by atoms with van der Waals surface area (Å²) in [6, 6.07) is -0.531. The van der Waals surface area contributed by atoms with Crippen LogP contribution in [0, 0.1) is 12.3 Å². The molecule has 1 aliphatic rings. The van der Waals surface area contributed by atoms with Crippen molar-refractivity contribution in [2.24, 2.45) is 5.73 Å². The first kappa shape index (κ1) is 7.89. The number of amides is 2. The Hall–Kier alpha value is -1.21. The molecule has 60 valence electrons. The van der Waals surface area contributed by atoms with E-state index in [1.54, 1.807) is 0 Å². The molecule has 1 aliphatic heterocycles. The number of aliphatic hydroxyl groups is 1. The van der Waals surface area contributed by atoms with Gasteiger partial charge in [0.2, 0.25) is 0 Å². The minimum Gasteiger partial charge on any atom is -0.376 e. The lowest BCUT2D eigenvalue weighted by Gasteiger charge is -2.15. The summed E-state index contributed by atoms with van der Waals surface area (Å²) >= 11 is 0. The molecule has 1 fully saturated rings. The highest BCUT2D eigenvalue weighted by molar-refractivity contribution is 5.72. The van der Waals surface area contributed by atoms with Crippen LogP contribution in [0.4, 0.5) is 4.79 Å². The predicted octanol–water partition coefficient (Wildman–Crippen LogP) is -0.865. The molecule has 0 radical (unpaired) electrons. The number of primary amides is 1. The second-order valence-corrected chi connectivity index (χ2v) is 2.69. The van der Waals surface area contributed by atoms with Crippen molar-refractivity contribution in [1.82, 2.24) is 4.90 Å². The zero-order valence-electron chi connectivity index (χ0n) is 6.08. The van der Waals surface area contributed by atoms with Gasteiger partial charge in [-0.05, 0) is 0 Å². The summed E-state index contributed by atoms with van der Waals surface area (Å²) in [6.07, 6.45) is 5.46. The van der Waals surface area contributed by atoms with Crippen LogP contribution >= 0.6 is 0 Å². The number of carbonyl (C=O) groups is 1. The fourth-order valence-electron chi connectivity index (χ4n) is 1.10. The Labute approximate surface area is 65.0 Å². The number of carbonyl (C=O) groups excluding carboxylic acids is 1. The smallest absolute Gasteiger partial charge is 0.314 e. The van der Waals surface area contributed by atoms with Crippen molar-refractivity contribution < 1.29 is 9.90 Å². The van der Waals surface area contributed by atoms with Crippen LogP contribution in [0.5, 0.6) is 0 Å². The van der Waals surface area contributed by atoms with Gasteiger partial charge in [0.1, 0.15) is 5.60 Å². The number of β-amino-alcohol motifs (C(OH)–C–C–N with tert-alkyl or cyclic N) is 1. The van der Waals surface area contributed by atoms with Gasteiger partial charge in [-0.2, -0.15) is 0 Å². The molecule has 0 spiro atoms. The van der Waals surface area contributed by atoms with E-state index in [0.29, 0.717) is 13.0 Å². The van der Waals surface area contributed by atoms with Gasteiger partial charge in [-0.3, -0.25) is 0 Å². The summed E-state index contributed by atoms with van der Waals surface area (Å²) in [6.45, 7) is 0.592. The molecule has 1 rings (SSSR count). The third-order valence-electron chi connectivity index (χ3n) is 1.83. The largest absolute Gasteiger partial charge is 0.376 e. The number of likely N-dealkylation sites (tertiary alicyclic amines) is 1. The van der Waals surface area contributed by atoms with E-state index >= 15 is 0 Å². The minimum atomic E-state index is -1.16. The third-order valence-corrected chi connectivity index (χ3v) is 1.83. The second-order valence-electron chi connectivity index (χ2n) is 2.69. The Kier molecular flexibility index (Phi) is 1.75. The molecule has 0 aromatic carbocycles. The van der Waals surface area contributed by atoms with Crippen LogP contribution < -0.4 is 5.73 Å². The van der Waals surface area contributed by atoms with Crippen LogP contribution in [0.2, 0.25) is 0 Å². The molecule has 0 aromatic rings. The molecule has 1 unspecified atom stereocenters. The van der Waals surface area contributed by atoms with Crippen LogP contribution in [0.25, 0.3) is 0 Å². The first-order valence-corrected chi connectivity index (χ1v) is 3.32. The summed E-state index contributed by atoms with van der Waals surface area (Å²) in [5, 5.41) is 9.43. The van der Waals surface area contributed by atoms with E-state index in [9.17, 15) is 9.90 Å². The molecule has 2 amide bonds. The Bertz CT molecular complexity index is 221. The summed E-state index contributed by atoms with van der Waals surface area (Å²) < 4.78 is 0. The van der Waals surface area contributed by atoms with E-state index in [4.69, 9.17) is 12.2 Å². The van der Waals surface area contributed by atoms with Gasteiger partial charge < -0.3 is 15.7 Å². The number of hydrogen-bond acceptors (Lipinski definition) is 2. The van der Waals surface area contributed by atoms with Crippen molar-refractivity contribution in [1.29, 1.82) is 0 Å². The fourth-order valence-corrected chi connectivity index (χ4v) is 1.10. The van der Waals surface area contributed by atoms with Crippen LogP contribution in [-0.2, 0) is 0 Å². The Morgan fingerprint density at radius 3 is 2.73 bits per heavy atom. The molecule has 0 aliphatic carbocycles. The molecule has 1 atom stereocenters. The summed E-state index contributed by atoms with van der Waals surface area (Å²) in [5.74, 6) is 2.23. The normalized spacial score (nSPS) is 30.0. The summed E-state index contributed by atoms with van der Waals surface area (Å²) in [5.41, 5.74) is 3.82. The number of rotatable bonds is 0. The zero-order chi connectivity index (χ0) is 8.48. The van der Waals surface area contributed by atoms with Crippen LogP contribution in [0.1, 0.15) is 6.42 Å². The molecule has 0 saturated carbocycles. The molecule has 3 N–H and O–H groups in total. The van der Waals surface area contributed by atoms with Gasteiger partial charge in [-0.1, -0.05) is 5.92 Å². The lowest BCUT2D eigenvalue weighted by Crippen LogP contribution is -2.37. The molecule has 1 saturated heterocycles. The topological polar surface area (TPSA) is 66.6 Å². The maximum Gasteiger partial charge on any atom is 0.314 e. The third kappa shape index (κ3) is 1.44. The standard InChI is InChI=1S/C7H10N2O2/c1-2-7(11)3-4-9(5-7)6(8)10/h1,11H,3-5H2,(H2,8,10). The van der Waals surface area contributed by atoms with Crippen LogP contribution in [-0.4, -0.2) is 34.7 Å². The zero-order valence-corrected chi connectivity index (χ0v) is 6.08. The van der Waals surface area contributed by atoms with Gasteiger partial charge in [-0.25, -0.2) is 4.79 Å². The van der Waals surface area contributed by atoms with Crippen molar-refractivity contribution in [3.8, 4) is 12.3 Å². The van der Waals surface area contributed by atoms with Gasteiger partial charge in [0.05, 0.1) is 6.54 Å². The van der Waals surface area contributed by atoms with Gasteiger partial charge in [-0.15, -0.1) is 6.42 Å². The highest BCUT2D eigenvalue weighted by Crippen LogP contribution is 2.19. The fraction of sp³-hybridized carbons (Fsp3) is 0.571. The minimum absolute atomic E-state index is 0.152. The van der Waals surface area contributed by atoms with Gasteiger partial charge in [0.15, 0.2) is 0 Å². The quantitative estimate of drug-likeness (QED) is 0.446. The number of nitrogens with two attached hydrogens (primary N) is 1. The predicted molar refractivity (Wildman–Crippen MR) is 39.6 cm³/mol. The van der Waals surface area contributed by atoms with E-state index in [2.05, 4.69) is 5.92 Å². The SMILES string of the molecule is C#CC1(O)CCN(C(N)=O)C1. The first-order valence-electron chi connectivity index (χ1n) is 3.32. The van der Waals surface area contributed by atoms with E-state index in [-0.39, 0.29) is 6.54 Å². The number of urea groups is 1. The van der Waals surface area contributed by atoms with E-state index in [0.717, 1.165) is 0 Å². The number of terminal acetylenes is 1. The second kappa shape index (κ2) is 2.44.